The van der Waals surface area contributed by atoms with Crippen molar-refractivity contribution in [3.63, 3.8) is 0 Å². The highest BCUT2D eigenvalue weighted by Gasteiger charge is 2.49. The number of anilines is 1. The number of carbonyl (C=O) groups is 3. The number of nitrogens with zero attached hydrogens (tertiary/aromatic N) is 2. The normalized spacial score (nSPS) is 20.2. The highest BCUT2D eigenvalue weighted by molar-refractivity contribution is 7.17. The van der Waals surface area contributed by atoms with Gasteiger partial charge in [-0.05, 0) is 55.3 Å². The SMILES string of the molecule is COC(=O)c1sc(N2C(=O)C(=O)C(=C(O)c3ccc4c(c3)CC(C)O4)C2c2ccc(Cl)cc2Cl)nc1C. The van der Waals surface area contributed by atoms with Gasteiger partial charge in [-0.2, -0.15) is 0 Å². The maximum Gasteiger partial charge on any atom is 0.350 e. The quantitative estimate of drug-likeness (QED) is 0.195. The first kappa shape index (κ1) is 25.3. The third-order valence-corrected chi connectivity index (χ3v) is 7.93. The first-order valence-electron chi connectivity index (χ1n) is 11.2. The Hall–Kier alpha value is -3.40. The number of thiazole rings is 1. The van der Waals surface area contributed by atoms with Crippen LogP contribution in [0.3, 0.4) is 0 Å². The number of amides is 1. The van der Waals surface area contributed by atoms with Crippen LogP contribution in [0.25, 0.3) is 5.76 Å². The second kappa shape index (κ2) is 9.48. The summed E-state index contributed by atoms with van der Waals surface area (Å²) in [7, 11) is 1.24. The van der Waals surface area contributed by atoms with Crippen molar-refractivity contribution in [1.29, 1.82) is 0 Å². The molecule has 1 saturated heterocycles. The lowest BCUT2D eigenvalue weighted by Gasteiger charge is -2.24. The number of hydrogen-bond donors (Lipinski definition) is 1. The molecule has 1 N–H and O–H groups in total. The van der Waals surface area contributed by atoms with E-state index in [1.807, 2.05) is 6.92 Å². The second-order valence-corrected chi connectivity index (χ2v) is 10.5. The molecule has 3 heterocycles. The lowest BCUT2D eigenvalue weighted by atomic mass is 9.94. The Balaban J connectivity index is 1.71. The van der Waals surface area contributed by atoms with Gasteiger partial charge in [-0.1, -0.05) is 40.6 Å². The molecule has 0 saturated carbocycles. The van der Waals surface area contributed by atoms with Crippen molar-refractivity contribution in [3.05, 3.63) is 79.3 Å². The lowest BCUT2D eigenvalue weighted by Crippen LogP contribution is -2.29. The number of benzene rings is 2. The number of aliphatic hydroxyl groups is 1. The van der Waals surface area contributed by atoms with Crippen LogP contribution in [0.2, 0.25) is 10.0 Å². The van der Waals surface area contributed by atoms with E-state index in [0.29, 0.717) is 34.0 Å². The number of ether oxygens (including phenoxy) is 2. The number of aromatic nitrogens is 1. The molecule has 2 unspecified atom stereocenters. The van der Waals surface area contributed by atoms with Gasteiger partial charge in [0.1, 0.15) is 22.5 Å². The number of methoxy groups -OCH3 is 1. The summed E-state index contributed by atoms with van der Waals surface area (Å²) in [5.74, 6) is -2.10. The van der Waals surface area contributed by atoms with Gasteiger partial charge in [0, 0.05) is 22.0 Å². The average Bonchev–Trinajstić information content (AvgIpc) is 3.50. The van der Waals surface area contributed by atoms with Gasteiger partial charge in [-0.15, -0.1) is 0 Å². The summed E-state index contributed by atoms with van der Waals surface area (Å²) in [6, 6.07) is 8.62. The summed E-state index contributed by atoms with van der Waals surface area (Å²) < 4.78 is 10.5. The van der Waals surface area contributed by atoms with Crippen molar-refractivity contribution in [2.24, 2.45) is 0 Å². The van der Waals surface area contributed by atoms with E-state index in [1.165, 1.54) is 13.2 Å². The molecule has 1 fully saturated rings. The van der Waals surface area contributed by atoms with Crippen LogP contribution < -0.4 is 9.64 Å². The average molecular weight is 559 g/mol. The van der Waals surface area contributed by atoms with E-state index >= 15 is 0 Å². The smallest absolute Gasteiger partial charge is 0.350 e. The summed E-state index contributed by atoms with van der Waals surface area (Å²) in [4.78, 5) is 44.7. The van der Waals surface area contributed by atoms with Crippen molar-refractivity contribution < 1.29 is 29.0 Å². The van der Waals surface area contributed by atoms with Crippen LogP contribution in [0.15, 0.2) is 42.0 Å². The number of aliphatic hydroxyl groups excluding tert-OH is 1. The van der Waals surface area contributed by atoms with Gasteiger partial charge in [-0.25, -0.2) is 9.78 Å². The fraction of sp³-hybridized carbons (Fsp3) is 0.231. The Kier molecular flexibility index (Phi) is 6.47. The Morgan fingerprint density at radius 3 is 2.68 bits per heavy atom. The zero-order valence-electron chi connectivity index (χ0n) is 19.9. The van der Waals surface area contributed by atoms with Gasteiger partial charge in [0.2, 0.25) is 0 Å². The Labute approximate surface area is 226 Å². The predicted octanol–water partition coefficient (Wildman–Crippen LogP) is 5.49. The molecule has 2 aliphatic heterocycles. The summed E-state index contributed by atoms with van der Waals surface area (Å²) in [6.07, 6.45) is 0.634. The van der Waals surface area contributed by atoms with Crippen molar-refractivity contribution in [2.45, 2.75) is 32.4 Å². The summed E-state index contributed by atoms with van der Waals surface area (Å²) in [6.45, 7) is 3.53. The molecule has 3 aromatic rings. The number of halogens is 2. The maximum absolute atomic E-state index is 13.4. The molecule has 2 aromatic carbocycles. The number of esters is 1. The van der Waals surface area contributed by atoms with Gasteiger partial charge in [0.05, 0.1) is 24.4 Å². The molecule has 8 nitrogen and oxygen atoms in total. The van der Waals surface area contributed by atoms with Crippen LogP contribution in [-0.4, -0.2) is 41.0 Å². The molecule has 2 atom stereocenters. The van der Waals surface area contributed by atoms with Gasteiger partial charge < -0.3 is 14.6 Å². The van der Waals surface area contributed by atoms with Crippen LogP contribution in [0, 0.1) is 6.92 Å². The van der Waals surface area contributed by atoms with Crippen molar-refractivity contribution in [2.75, 3.05) is 12.0 Å². The van der Waals surface area contributed by atoms with E-state index in [4.69, 9.17) is 32.7 Å². The summed E-state index contributed by atoms with van der Waals surface area (Å²) in [5.41, 5.74) is 1.77. The van der Waals surface area contributed by atoms with E-state index < -0.39 is 23.7 Å². The molecule has 190 valence electrons. The maximum atomic E-state index is 13.4. The molecule has 0 aliphatic carbocycles. The number of ketones is 1. The fourth-order valence-corrected chi connectivity index (χ4v) is 6.06. The monoisotopic (exact) mass is 558 g/mol. The summed E-state index contributed by atoms with van der Waals surface area (Å²) >= 11 is 13.5. The standard InChI is InChI=1S/C26H20Cl2N2O6S/c1-11-8-14-9-13(4-7-18(14)36-11)21(31)19-20(16-6-5-15(27)10-17(16)28)30(24(33)22(19)32)26-29-12(2)23(37-26)25(34)35-3/h4-7,9-11,20,31H,8H2,1-3H3. The lowest BCUT2D eigenvalue weighted by molar-refractivity contribution is -0.132. The molecule has 1 aromatic heterocycles. The number of hydrogen-bond acceptors (Lipinski definition) is 8. The largest absolute Gasteiger partial charge is 0.507 e. The second-order valence-electron chi connectivity index (χ2n) is 8.69. The molecule has 1 amide bonds. The third kappa shape index (κ3) is 4.27. The molecular weight excluding hydrogens is 539 g/mol. The molecule has 37 heavy (non-hydrogen) atoms. The van der Waals surface area contributed by atoms with E-state index in [2.05, 4.69) is 4.98 Å². The molecule has 0 radical (unpaired) electrons. The number of carbonyl (C=O) groups excluding carboxylic acids is 3. The van der Waals surface area contributed by atoms with Gasteiger partial charge in [0.15, 0.2) is 5.13 Å². The van der Waals surface area contributed by atoms with Crippen molar-refractivity contribution in [1.82, 2.24) is 4.98 Å². The minimum Gasteiger partial charge on any atom is -0.507 e. The first-order chi connectivity index (χ1) is 17.6. The minimum atomic E-state index is -1.12. The van der Waals surface area contributed by atoms with Crippen molar-refractivity contribution in [3.8, 4) is 5.75 Å². The highest BCUT2D eigenvalue weighted by atomic mass is 35.5. The van der Waals surface area contributed by atoms with Crippen molar-refractivity contribution >= 4 is 63.1 Å². The number of rotatable bonds is 4. The van der Waals surface area contributed by atoms with E-state index in [0.717, 1.165) is 21.8 Å². The molecular formula is C26H20Cl2N2O6S. The van der Waals surface area contributed by atoms with E-state index in [1.54, 1.807) is 37.3 Å². The number of fused-ring (bicyclic) bond motifs is 1. The number of Topliss-reactive ketones (excluding diaryl/α,β-unsaturated/α-hetero) is 1. The Morgan fingerprint density at radius 2 is 1.97 bits per heavy atom. The highest BCUT2D eigenvalue weighted by Crippen LogP contribution is 2.46. The topological polar surface area (TPSA) is 106 Å². The molecule has 2 aliphatic rings. The minimum absolute atomic E-state index is 0.0111. The van der Waals surface area contributed by atoms with E-state index in [9.17, 15) is 19.5 Å². The van der Waals surface area contributed by atoms with Gasteiger partial charge >= 0.3 is 11.9 Å². The molecule has 5 rings (SSSR count). The van der Waals surface area contributed by atoms with Crippen LogP contribution in [-0.2, 0) is 20.7 Å². The van der Waals surface area contributed by atoms with Gasteiger partial charge in [-0.3, -0.25) is 14.5 Å². The zero-order chi connectivity index (χ0) is 26.6. The Bertz CT molecular complexity index is 1510. The van der Waals surface area contributed by atoms with Crippen LogP contribution in [0.1, 0.15) is 45.0 Å². The predicted molar refractivity (Wildman–Crippen MR) is 140 cm³/mol. The zero-order valence-corrected chi connectivity index (χ0v) is 22.2. The van der Waals surface area contributed by atoms with Crippen LogP contribution >= 0.6 is 34.5 Å². The summed E-state index contributed by atoms with van der Waals surface area (Å²) in [5, 5.41) is 12.0. The van der Waals surface area contributed by atoms with Gasteiger partial charge in [0.25, 0.3) is 5.78 Å². The number of aryl methyl sites for hydroxylation is 1. The van der Waals surface area contributed by atoms with Crippen LogP contribution in [0.5, 0.6) is 5.75 Å². The molecule has 11 heteroatoms. The fourth-order valence-electron chi connectivity index (χ4n) is 4.54. The van der Waals surface area contributed by atoms with E-state index in [-0.39, 0.29) is 32.5 Å². The third-order valence-electron chi connectivity index (χ3n) is 6.23. The first-order valence-corrected chi connectivity index (χ1v) is 12.8. The Morgan fingerprint density at radius 1 is 1.22 bits per heavy atom. The molecule has 0 spiro atoms. The molecule has 0 bridgehead atoms. The van der Waals surface area contributed by atoms with Crippen LogP contribution in [0.4, 0.5) is 5.13 Å².